The molecule has 6 heteroatoms. The van der Waals surface area contributed by atoms with Gasteiger partial charge in [0.25, 0.3) is 5.56 Å². The van der Waals surface area contributed by atoms with E-state index in [0.717, 1.165) is 0 Å². The van der Waals surface area contributed by atoms with Crippen molar-refractivity contribution in [2.24, 2.45) is 0 Å². The number of rotatable bonds is 3. The summed E-state index contributed by atoms with van der Waals surface area (Å²) in [6, 6.07) is 0. The summed E-state index contributed by atoms with van der Waals surface area (Å²) >= 11 is 11.4. The summed E-state index contributed by atoms with van der Waals surface area (Å²) < 4.78 is 6.72. The zero-order valence-corrected chi connectivity index (χ0v) is 11.0. The van der Waals surface area contributed by atoms with Gasteiger partial charge in [-0.05, 0) is 20.8 Å². The molecule has 0 saturated heterocycles. The zero-order chi connectivity index (χ0) is 12.3. The normalized spacial score (nSPS) is 11.8. The Balaban J connectivity index is 2.69. The molecule has 0 aliphatic heterocycles. The molecule has 0 aliphatic rings. The zero-order valence-electron chi connectivity index (χ0n) is 9.46. The molecule has 1 rings (SSSR count). The molecule has 0 atom stereocenters. The number of halogens is 2. The SMILES string of the molecule is CC(C)(C)OCCn1ncc(Cl)c(Cl)c1=O. The molecule has 1 aromatic rings. The quantitative estimate of drug-likeness (QED) is 0.842. The predicted octanol–water partition coefficient (Wildman–Crippen LogP) is 2.37. The molecule has 90 valence electrons. The van der Waals surface area contributed by atoms with Crippen molar-refractivity contribution in [3.05, 3.63) is 26.6 Å². The van der Waals surface area contributed by atoms with Crippen LogP contribution in [0.4, 0.5) is 0 Å². The molecule has 1 heterocycles. The van der Waals surface area contributed by atoms with Gasteiger partial charge in [-0.15, -0.1) is 0 Å². The fraction of sp³-hybridized carbons (Fsp3) is 0.600. The van der Waals surface area contributed by atoms with Crippen molar-refractivity contribution in [3.63, 3.8) is 0 Å². The Hall–Kier alpha value is -0.580. The van der Waals surface area contributed by atoms with E-state index in [4.69, 9.17) is 27.9 Å². The number of hydrogen-bond acceptors (Lipinski definition) is 3. The van der Waals surface area contributed by atoms with Crippen molar-refractivity contribution in [1.82, 2.24) is 9.78 Å². The van der Waals surface area contributed by atoms with Crippen LogP contribution in [0.1, 0.15) is 20.8 Å². The fourth-order valence-corrected chi connectivity index (χ4v) is 1.31. The maximum atomic E-state index is 11.6. The van der Waals surface area contributed by atoms with E-state index in [2.05, 4.69) is 5.10 Å². The van der Waals surface area contributed by atoms with Gasteiger partial charge in [0.15, 0.2) is 0 Å². The van der Waals surface area contributed by atoms with Crippen LogP contribution in [0.25, 0.3) is 0 Å². The number of ether oxygens (including phenoxy) is 1. The lowest BCUT2D eigenvalue weighted by molar-refractivity contribution is -0.00835. The van der Waals surface area contributed by atoms with Gasteiger partial charge in [-0.1, -0.05) is 23.2 Å². The van der Waals surface area contributed by atoms with Gasteiger partial charge in [0.1, 0.15) is 5.02 Å². The first-order chi connectivity index (χ1) is 7.31. The highest BCUT2D eigenvalue weighted by molar-refractivity contribution is 6.41. The first kappa shape index (κ1) is 13.5. The van der Waals surface area contributed by atoms with Crippen molar-refractivity contribution in [1.29, 1.82) is 0 Å². The Morgan fingerprint density at radius 2 is 2.06 bits per heavy atom. The largest absolute Gasteiger partial charge is 0.374 e. The maximum absolute atomic E-state index is 11.6. The van der Waals surface area contributed by atoms with E-state index in [-0.39, 0.29) is 15.6 Å². The molecule has 16 heavy (non-hydrogen) atoms. The lowest BCUT2D eigenvalue weighted by Crippen LogP contribution is -2.28. The van der Waals surface area contributed by atoms with Gasteiger partial charge in [0.05, 0.1) is 30.0 Å². The van der Waals surface area contributed by atoms with Gasteiger partial charge >= 0.3 is 0 Å². The minimum absolute atomic E-state index is 0.00701. The van der Waals surface area contributed by atoms with Gasteiger partial charge in [0.2, 0.25) is 0 Å². The van der Waals surface area contributed by atoms with Gasteiger partial charge < -0.3 is 4.74 Å². The van der Waals surface area contributed by atoms with Crippen LogP contribution in [-0.2, 0) is 11.3 Å². The second-order valence-electron chi connectivity index (χ2n) is 4.30. The van der Waals surface area contributed by atoms with Crippen LogP contribution >= 0.6 is 23.2 Å². The highest BCUT2D eigenvalue weighted by Crippen LogP contribution is 2.14. The standard InChI is InChI=1S/C10H14Cl2N2O2/c1-10(2,3)16-5-4-14-9(15)8(12)7(11)6-13-14/h6H,4-5H2,1-3H3. The second kappa shape index (κ2) is 5.17. The summed E-state index contributed by atoms with van der Waals surface area (Å²) in [6.45, 7) is 6.58. The van der Waals surface area contributed by atoms with Crippen molar-refractivity contribution >= 4 is 23.2 Å². The number of nitrogens with zero attached hydrogens (tertiary/aromatic N) is 2. The molecule has 0 saturated carbocycles. The van der Waals surface area contributed by atoms with E-state index in [1.165, 1.54) is 10.9 Å². The minimum atomic E-state index is -0.397. The fourth-order valence-electron chi connectivity index (χ4n) is 1.04. The summed E-state index contributed by atoms with van der Waals surface area (Å²) in [6.07, 6.45) is 1.35. The van der Waals surface area contributed by atoms with Crippen molar-refractivity contribution in [2.45, 2.75) is 32.9 Å². The average Bonchev–Trinajstić information content (AvgIpc) is 2.16. The third-order valence-electron chi connectivity index (χ3n) is 1.78. The van der Waals surface area contributed by atoms with Crippen molar-refractivity contribution in [3.8, 4) is 0 Å². The molecular weight excluding hydrogens is 251 g/mol. The summed E-state index contributed by atoms with van der Waals surface area (Å²) in [5, 5.41) is 4.03. The molecule has 1 aromatic heterocycles. The molecule has 0 spiro atoms. The van der Waals surface area contributed by atoms with Crippen LogP contribution in [0, 0.1) is 0 Å². The average molecular weight is 265 g/mol. The molecule has 0 unspecified atom stereocenters. The molecule has 4 nitrogen and oxygen atoms in total. The molecular formula is C10H14Cl2N2O2. The van der Waals surface area contributed by atoms with Crippen LogP contribution in [0.3, 0.4) is 0 Å². The monoisotopic (exact) mass is 264 g/mol. The lowest BCUT2D eigenvalue weighted by atomic mass is 10.2. The van der Waals surface area contributed by atoms with Crippen molar-refractivity contribution < 1.29 is 4.74 Å². The van der Waals surface area contributed by atoms with Gasteiger partial charge in [-0.2, -0.15) is 5.10 Å². The number of aromatic nitrogens is 2. The number of hydrogen-bond donors (Lipinski definition) is 0. The van der Waals surface area contributed by atoms with Crippen LogP contribution in [0.5, 0.6) is 0 Å². The van der Waals surface area contributed by atoms with Crippen LogP contribution < -0.4 is 5.56 Å². The Bertz CT molecular complexity index is 424. The summed E-state index contributed by atoms with van der Waals surface area (Å²) in [5.41, 5.74) is -0.633. The summed E-state index contributed by atoms with van der Waals surface area (Å²) in [4.78, 5) is 11.6. The first-order valence-electron chi connectivity index (χ1n) is 4.86. The van der Waals surface area contributed by atoms with Gasteiger partial charge in [-0.3, -0.25) is 4.79 Å². The first-order valence-corrected chi connectivity index (χ1v) is 5.62. The van der Waals surface area contributed by atoms with Crippen LogP contribution in [0.15, 0.2) is 11.0 Å². The van der Waals surface area contributed by atoms with E-state index < -0.39 is 5.56 Å². The van der Waals surface area contributed by atoms with E-state index in [9.17, 15) is 4.79 Å². The van der Waals surface area contributed by atoms with Gasteiger partial charge in [-0.25, -0.2) is 4.68 Å². The molecule has 0 N–H and O–H groups in total. The van der Waals surface area contributed by atoms with E-state index >= 15 is 0 Å². The molecule has 0 aliphatic carbocycles. The Labute approximate surface area is 104 Å². The third-order valence-corrected chi connectivity index (χ3v) is 2.53. The van der Waals surface area contributed by atoms with E-state index in [1.807, 2.05) is 20.8 Å². The lowest BCUT2D eigenvalue weighted by Gasteiger charge is -2.19. The van der Waals surface area contributed by atoms with Crippen LogP contribution in [-0.4, -0.2) is 22.0 Å². The Morgan fingerprint density at radius 3 is 2.62 bits per heavy atom. The highest BCUT2D eigenvalue weighted by Gasteiger charge is 2.11. The van der Waals surface area contributed by atoms with E-state index in [0.29, 0.717) is 13.2 Å². The van der Waals surface area contributed by atoms with E-state index in [1.54, 1.807) is 0 Å². The maximum Gasteiger partial charge on any atom is 0.287 e. The second-order valence-corrected chi connectivity index (χ2v) is 5.08. The molecule has 0 bridgehead atoms. The van der Waals surface area contributed by atoms with Crippen molar-refractivity contribution in [2.75, 3.05) is 6.61 Å². The van der Waals surface area contributed by atoms with Crippen LogP contribution in [0.2, 0.25) is 10.0 Å². The Morgan fingerprint density at radius 1 is 1.44 bits per heavy atom. The minimum Gasteiger partial charge on any atom is -0.374 e. The predicted molar refractivity (Wildman–Crippen MR) is 64.2 cm³/mol. The molecule has 0 fully saturated rings. The third kappa shape index (κ3) is 3.77. The smallest absolute Gasteiger partial charge is 0.287 e. The highest BCUT2D eigenvalue weighted by atomic mass is 35.5. The molecule has 0 aromatic carbocycles. The summed E-state index contributed by atoms with van der Waals surface area (Å²) in [7, 11) is 0. The topological polar surface area (TPSA) is 44.1 Å². The summed E-state index contributed by atoms with van der Waals surface area (Å²) in [5.74, 6) is 0. The molecule has 0 radical (unpaired) electrons. The molecule has 0 amide bonds. The van der Waals surface area contributed by atoms with Gasteiger partial charge in [0, 0.05) is 0 Å². The Kier molecular flexibility index (Phi) is 4.35.